The van der Waals surface area contributed by atoms with Gasteiger partial charge in [0.05, 0.1) is 11.5 Å². The van der Waals surface area contributed by atoms with Crippen molar-refractivity contribution >= 4 is 29.3 Å². The van der Waals surface area contributed by atoms with Gasteiger partial charge in [-0.3, -0.25) is 9.59 Å². The normalized spacial score (nSPS) is 12.5. The average Bonchev–Trinajstić information content (AvgIpc) is 3.14. The summed E-state index contributed by atoms with van der Waals surface area (Å²) in [4.78, 5) is 24.2. The fourth-order valence-corrected chi connectivity index (χ4v) is 3.59. The molecule has 1 aliphatic heterocycles. The molecule has 0 bridgehead atoms. The molecule has 1 aliphatic rings. The van der Waals surface area contributed by atoms with Crippen LogP contribution >= 0.6 is 11.8 Å². The number of rotatable bonds is 8. The van der Waals surface area contributed by atoms with Crippen molar-refractivity contribution in [3.8, 4) is 11.5 Å². The zero-order valence-electron chi connectivity index (χ0n) is 16.9. The van der Waals surface area contributed by atoms with Gasteiger partial charge < -0.3 is 20.1 Å². The van der Waals surface area contributed by atoms with Gasteiger partial charge in [-0.2, -0.15) is 0 Å². The number of nitrogens with one attached hydrogen (secondary N) is 2. The second-order valence-corrected chi connectivity index (χ2v) is 8.62. The Morgan fingerprint density at radius 1 is 1.03 bits per heavy atom. The summed E-state index contributed by atoms with van der Waals surface area (Å²) in [5.74, 6) is 1.73. The summed E-state index contributed by atoms with van der Waals surface area (Å²) in [6, 6.07) is 13.5. The highest BCUT2D eigenvalue weighted by Crippen LogP contribution is 2.36. The van der Waals surface area contributed by atoms with E-state index in [2.05, 4.69) is 24.5 Å². The predicted molar refractivity (Wildman–Crippen MR) is 116 cm³/mol. The molecule has 29 heavy (non-hydrogen) atoms. The Kier molecular flexibility index (Phi) is 6.69. The zero-order chi connectivity index (χ0) is 20.9. The molecule has 6 nitrogen and oxygen atoms in total. The van der Waals surface area contributed by atoms with Crippen LogP contribution in [0.25, 0.3) is 0 Å². The third-order valence-electron chi connectivity index (χ3n) is 4.65. The van der Waals surface area contributed by atoms with Gasteiger partial charge in [0, 0.05) is 17.6 Å². The molecule has 0 spiro atoms. The lowest BCUT2D eigenvalue weighted by Gasteiger charge is -2.26. The average molecular weight is 415 g/mol. The number of hydrogen-bond acceptors (Lipinski definition) is 5. The van der Waals surface area contributed by atoms with Gasteiger partial charge in [-0.05, 0) is 42.3 Å². The van der Waals surface area contributed by atoms with E-state index >= 15 is 0 Å². The van der Waals surface area contributed by atoms with Gasteiger partial charge in [-0.1, -0.05) is 32.0 Å². The molecule has 7 heteroatoms. The first-order valence-electron chi connectivity index (χ1n) is 9.44. The maximum atomic E-state index is 12.2. The monoisotopic (exact) mass is 414 g/mol. The number of anilines is 1. The molecule has 0 radical (unpaired) electrons. The maximum absolute atomic E-state index is 12.2. The number of fused-ring (bicyclic) bond motifs is 1. The molecule has 1 heterocycles. The summed E-state index contributed by atoms with van der Waals surface area (Å²) in [5.41, 5.74) is 2.65. The summed E-state index contributed by atoms with van der Waals surface area (Å²) in [7, 11) is 0. The molecule has 0 aromatic heterocycles. The molecule has 0 saturated carbocycles. The number of amides is 2. The molecule has 0 saturated heterocycles. The molecule has 0 aliphatic carbocycles. The molecule has 3 rings (SSSR count). The highest BCUT2D eigenvalue weighted by atomic mass is 32.2. The number of aryl methyl sites for hydroxylation is 1. The van der Waals surface area contributed by atoms with Crippen molar-refractivity contribution in [1.82, 2.24) is 5.32 Å². The van der Waals surface area contributed by atoms with E-state index in [9.17, 15) is 9.59 Å². The topological polar surface area (TPSA) is 76.7 Å². The molecule has 2 N–H and O–H groups in total. The van der Waals surface area contributed by atoms with Crippen LogP contribution in [0.1, 0.15) is 25.0 Å². The number of hydrogen-bond donors (Lipinski definition) is 2. The van der Waals surface area contributed by atoms with E-state index in [1.165, 1.54) is 11.8 Å². The van der Waals surface area contributed by atoms with Crippen molar-refractivity contribution in [2.24, 2.45) is 0 Å². The lowest BCUT2D eigenvalue weighted by Crippen LogP contribution is -2.37. The molecule has 0 unspecified atom stereocenters. The van der Waals surface area contributed by atoms with Crippen LogP contribution in [0.3, 0.4) is 0 Å². The van der Waals surface area contributed by atoms with Crippen LogP contribution < -0.4 is 20.1 Å². The molecule has 0 fully saturated rings. The number of ether oxygens (including phenoxy) is 2. The number of thioether (sulfide) groups is 1. The molecule has 154 valence electrons. The maximum Gasteiger partial charge on any atom is 0.234 e. The van der Waals surface area contributed by atoms with Crippen molar-refractivity contribution in [2.75, 3.05) is 30.2 Å². The van der Waals surface area contributed by atoms with Crippen LogP contribution in [-0.2, 0) is 15.0 Å². The SMILES string of the molecule is Cc1cccc(NC(=O)CSCC(=O)NCC(C)(C)c2ccc3c(c2)OCO3)c1. The lowest BCUT2D eigenvalue weighted by molar-refractivity contribution is -0.118. The van der Waals surface area contributed by atoms with Gasteiger partial charge in [0.1, 0.15) is 0 Å². The summed E-state index contributed by atoms with van der Waals surface area (Å²) >= 11 is 1.29. The van der Waals surface area contributed by atoms with E-state index in [1.807, 2.05) is 49.4 Å². The van der Waals surface area contributed by atoms with E-state index in [-0.39, 0.29) is 35.5 Å². The number of benzene rings is 2. The quantitative estimate of drug-likeness (QED) is 0.692. The van der Waals surface area contributed by atoms with Crippen molar-refractivity contribution in [1.29, 1.82) is 0 Å². The first-order chi connectivity index (χ1) is 13.8. The Morgan fingerprint density at radius 3 is 2.59 bits per heavy atom. The van der Waals surface area contributed by atoms with Crippen molar-refractivity contribution < 1.29 is 19.1 Å². The second-order valence-electron chi connectivity index (χ2n) is 7.64. The molecule has 2 aromatic rings. The van der Waals surface area contributed by atoms with Crippen LogP contribution in [0.2, 0.25) is 0 Å². The van der Waals surface area contributed by atoms with Crippen LogP contribution in [0.5, 0.6) is 11.5 Å². The van der Waals surface area contributed by atoms with Crippen molar-refractivity contribution in [2.45, 2.75) is 26.2 Å². The Hall–Kier alpha value is -2.67. The summed E-state index contributed by atoms with van der Waals surface area (Å²) in [6.45, 7) is 6.83. The number of carbonyl (C=O) groups is 2. The van der Waals surface area contributed by atoms with E-state index in [0.29, 0.717) is 6.54 Å². The Labute approximate surface area is 175 Å². The number of carbonyl (C=O) groups excluding carboxylic acids is 2. The van der Waals surface area contributed by atoms with Crippen molar-refractivity contribution in [3.05, 3.63) is 53.6 Å². The molecule has 2 aromatic carbocycles. The van der Waals surface area contributed by atoms with Gasteiger partial charge in [-0.15, -0.1) is 11.8 Å². The largest absolute Gasteiger partial charge is 0.454 e. The van der Waals surface area contributed by atoms with Crippen LogP contribution in [-0.4, -0.2) is 36.7 Å². The first-order valence-corrected chi connectivity index (χ1v) is 10.6. The highest BCUT2D eigenvalue weighted by molar-refractivity contribution is 8.00. The van der Waals surface area contributed by atoms with E-state index in [0.717, 1.165) is 28.3 Å². The molecular weight excluding hydrogens is 388 g/mol. The minimum Gasteiger partial charge on any atom is -0.454 e. The summed E-state index contributed by atoms with van der Waals surface area (Å²) in [5, 5.41) is 5.80. The highest BCUT2D eigenvalue weighted by Gasteiger charge is 2.24. The first kappa shape index (κ1) is 21.0. The minimum atomic E-state index is -0.260. The van der Waals surface area contributed by atoms with E-state index < -0.39 is 0 Å². The van der Waals surface area contributed by atoms with Gasteiger partial charge in [-0.25, -0.2) is 0 Å². The fraction of sp³-hybridized carbons (Fsp3) is 0.364. The molecular formula is C22H26N2O4S. The standard InChI is InChI=1S/C22H26N2O4S/c1-15-5-4-6-17(9-15)24-21(26)12-29-11-20(25)23-13-22(2,3)16-7-8-18-19(10-16)28-14-27-18/h4-10H,11-14H2,1-3H3,(H,23,25)(H,24,26). The minimum absolute atomic E-state index is 0.0906. The lowest BCUT2D eigenvalue weighted by atomic mass is 9.84. The van der Waals surface area contributed by atoms with Gasteiger partial charge in [0.15, 0.2) is 11.5 Å². The summed E-state index contributed by atoms with van der Waals surface area (Å²) in [6.07, 6.45) is 0. The molecule has 0 atom stereocenters. The Balaban J connectivity index is 1.40. The smallest absolute Gasteiger partial charge is 0.234 e. The van der Waals surface area contributed by atoms with Gasteiger partial charge in [0.2, 0.25) is 18.6 Å². The molecule has 2 amide bonds. The second kappa shape index (κ2) is 9.22. The fourth-order valence-electron chi connectivity index (χ4n) is 2.95. The Bertz CT molecular complexity index is 898. The van der Waals surface area contributed by atoms with E-state index in [4.69, 9.17) is 9.47 Å². The predicted octanol–water partition coefficient (Wildman–Crippen LogP) is 3.49. The van der Waals surface area contributed by atoms with Crippen LogP contribution in [0.4, 0.5) is 5.69 Å². The van der Waals surface area contributed by atoms with E-state index in [1.54, 1.807) is 0 Å². The van der Waals surface area contributed by atoms with Gasteiger partial charge in [0.25, 0.3) is 0 Å². The van der Waals surface area contributed by atoms with Crippen molar-refractivity contribution in [3.63, 3.8) is 0 Å². The van der Waals surface area contributed by atoms with Crippen LogP contribution in [0.15, 0.2) is 42.5 Å². The van der Waals surface area contributed by atoms with Gasteiger partial charge >= 0.3 is 0 Å². The third-order valence-corrected chi connectivity index (χ3v) is 5.58. The third kappa shape index (κ3) is 5.90. The Morgan fingerprint density at radius 2 is 1.79 bits per heavy atom. The summed E-state index contributed by atoms with van der Waals surface area (Å²) < 4.78 is 10.8. The zero-order valence-corrected chi connectivity index (χ0v) is 17.7. The van der Waals surface area contributed by atoms with Crippen LogP contribution in [0, 0.1) is 6.92 Å².